The third kappa shape index (κ3) is 3.15. The van der Waals surface area contributed by atoms with Crippen molar-refractivity contribution in [2.24, 2.45) is 0 Å². The van der Waals surface area contributed by atoms with Crippen LogP contribution in [0, 0.1) is 0 Å². The van der Waals surface area contributed by atoms with Gasteiger partial charge in [0, 0.05) is 37.6 Å². The van der Waals surface area contributed by atoms with Crippen LogP contribution in [0.4, 0.5) is 11.8 Å². The van der Waals surface area contributed by atoms with E-state index in [1.165, 1.54) is 6.26 Å². The van der Waals surface area contributed by atoms with Crippen LogP contribution in [0.25, 0.3) is 10.9 Å². The topological polar surface area (TPSA) is 107 Å². The summed E-state index contributed by atoms with van der Waals surface area (Å²) in [5.74, 6) is -2.40. The Morgan fingerprint density at radius 1 is 1.25 bits per heavy atom. The average Bonchev–Trinajstić information content (AvgIpc) is 3.37. The van der Waals surface area contributed by atoms with Gasteiger partial charge >= 0.3 is 0 Å². The molecular formula is C19H21N5O4. The second kappa shape index (κ2) is 7.26. The van der Waals surface area contributed by atoms with E-state index < -0.39 is 43.5 Å². The molecule has 1 fully saturated rings. The molecule has 0 atom stereocenters. The number of nitrogens with two attached hydrogens (primary N) is 1. The molecule has 9 heteroatoms. The molecule has 0 aliphatic carbocycles. The fraction of sp³-hybridized carbons (Fsp3) is 0.316. The number of hydrogen-bond acceptors (Lipinski definition) is 8. The molecule has 146 valence electrons. The molecule has 1 aromatic carbocycles. The van der Waals surface area contributed by atoms with E-state index in [1.54, 1.807) is 21.9 Å². The number of nitrogen functional groups attached to an aromatic ring is 1. The Labute approximate surface area is 175 Å². The van der Waals surface area contributed by atoms with Crippen molar-refractivity contribution in [2.75, 3.05) is 50.9 Å². The second-order valence-corrected chi connectivity index (χ2v) is 5.94. The molecular weight excluding hydrogens is 362 g/mol. The highest BCUT2D eigenvalue weighted by atomic mass is 16.5. The van der Waals surface area contributed by atoms with E-state index >= 15 is 0 Å². The maximum Gasteiger partial charge on any atom is 0.289 e. The number of benzene rings is 1. The van der Waals surface area contributed by atoms with Crippen LogP contribution in [0.2, 0.25) is 2.82 Å². The standard InChI is InChI=1S/C19H21N5O4/c1-26-15-10-12-13(11-16(15)27-2)21-19(22-17(12)20)24-7-5-23(6-8-24)18(25)14-4-3-9-28-14/h3-4,9-11H,5-8H2,1-2H3,(H2,20,21,22)/i1D3,2D3,10D,11D/hD2. The van der Waals surface area contributed by atoms with Crippen LogP contribution in [0.15, 0.2) is 34.9 Å². The highest BCUT2D eigenvalue weighted by Crippen LogP contribution is 2.34. The molecule has 0 spiro atoms. The van der Waals surface area contributed by atoms with Gasteiger partial charge in [0.05, 0.1) is 36.8 Å². The highest BCUT2D eigenvalue weighted by molar-refractivity contribution is 5.92. The van der Waals surface area contributed by atoms with Crippen molar-refractivity contribution in [3.63, 3.8) is 0 Å². The van der Waals surface area contributed by atoms with Crippen molar-refractivity contribution in [1.29, 1.82) is 0 Å². The number of piperazine rings is 1. The fourth-order valence-corrected chi connectivity index (χ4v) is 2.93. The molecule has 28 heavy (non-hydrogen) atoms. The van der Waals surface area contributed by atoms with E-state index in [9.17, 15) is 4.79 Å². The Morgan fingerprint density at radius 3 is 2.71 bits per heavy atom. The molecule has 0 radical (unpaired) electrons. The fourth-order valence-electron chi connectivity index (χ4n) is 2.93. The Bertz CT molecular complexity index is 1340. The van der Waals surface area contributed by atoms with Gasteiger partial charge < -0.3 is 29.4 Å². The van der Waals surface area contributed by atoms with Gasteiger partial charge in [0.2, 0.25) is 5.95 Å². The molecule has 1 saturated heterocycles. The Hall–Kier alpha value is -3.49. The smallest absolute Gasteiger partial charge is 0.289 e. The molecule has 9 nitrogen and oxygen atoms in total. The molecule has 0 saturated carbocycles. The van der Waals surface area contributed by atoms with E-state index in [-0.39, 0.29) is 60.4 Å². The minimum Gasteiger partial charge on any atom is -0.493 e. The van der Waals surface area contributed by atoms with Crippen molar-refractivity contribution in [3.05, 3.63) is 36.2 Å². The van der Waals surface area contributed by atoms with Crippen molar-refractivity contribution in [1.82, 2.24) is 14.9 Å². The Balaban J connectivity index is 1.79. The van der Waals surface area contributed by atoms with Crippen LogP contribution < -0.4 is 20.1 Å². The van der Waals surface area contributed by atoms with Gasteiger partial charge in [-0.25, -0.2) is 4.98 Å². The number of carbonyl (C=O) groups excluding carboxylic acids is 1. The van der Waals surface area contributed by atoms with E-state index in [0.717, 1.165) is 0 Å². The molecule has 1 amide bonds. The number of rotatable bonds is 5. The first-order valence-corrected chi connectivity index (χ1v) is 8.25. The minimum atomic E-state index is -3.14. The molecule has 1 aliphatic rings. The van der Waals surface area contributed by atoms with Gasteiger partial charge in [-0.2, -0.15) is 4.98 Å². The summed E-state index contributed by atoms with van der Waals surface area (Å²) in [4.78, 5) is 24.2. The van der Waals surface area contributed by atoms with Gasteiger partial charge in [0.1, 0.15) is 5.82 Å². The van der Waals surface area contributed by atoms with E-state index in [4.69, 9.17) is 27.7 Å². The van der Waals surface area contributed by atoms with Crippen LogP contribution >= 0.6 is 0 Å². The van der Waals surface area contributed by atoms with Crippen molar-refractivity contribution in [2.45, 2.75) is 0 Å². The summed E-state index contributed by atoms with van der Waals surface area (Å²) in [5, 5.41) is -0.382. The second-order valence-electron chi connectivity index (χ2n) is 5.94. The van der Waals surface area contributed by atoms with Crippen molar-refractivity contribution in [3.8, 4) is 11.5 Å². The van der Waals surface area contributed by atoms with Crippen molar-refractivity contribution < 1.29 is 32.5 Å². The van der Waals surface area contributed by atoms with Crippen molar-refractivity contribution >= 4 is 28.6 Å². The largest absolute Gasteiger partial charge is 0.493 e. The third-order valence-electron chi connectivity index (χ3n) is 4.34. The predicted molar refractivity (Wildman–Crippen MR) is 104 cm³/mol. The monoisotopic (exact) mass is 393 g/mol. The summed E-state index contributed by atoms with van der Waals surface area (Å²) in [6.45, 7) is 0.955. The summed E-state index contributed by atoms with van der Waals surface area (Å²) in [5.41, 5.74) is -0.295. The molecule has 4 rings (SSSR count). The molecule has 3 aromatic rings. The SMILES string of the molecule is [2H]c1c(OC([2H])([2H])[2H])c(OC([2H])([2H])[2H])c([2H])c2c(N([2H])[2H])nc(N3CCN(C(=O)c4ccco4)CC3)nc12. The number of nitrogens with zero attached hydrogens (tertiary/aromatic N) is 4. The molecule has 0 unspecified atom stereocenters. The summed E-state index contributed by atoms with van der Waals surface area (Å²) in [6.07, 6.45) is 1.39. The number of anilines is 2. The Morgan fingerprint density at radius 2 is 2.04 bits per heavy atom. The lowest BCUT2D eigenvalue weighted by Gasteiger charge is -2.34. The summed E-state index contributed by atoms with van der Waals surface area (Å²) in [6, 6.07) is 1.64. The lowest BCUT2D eigenvalue weighted by molar-refractivity contribution is 0.0714. The number of ether oxygens (including phenoxy) is 2. The van der Waals surface area contributed by atoms with Gasteiger partial charge in [-0.05, 0) is 18.2 Å². The molecule has 2 aromatic heterocycles. The zero-order valence-corrected chi connectivity index (χ0v) is 14.4. The van der Waals surface area contributed by atoms with Crippen LogP contribution in [-0.2, 0) is 0 Å². The summed E-state index contributed by atoms with van der Waals surface area (Å²) < 4.78 is 91.8. The van der Waals surface area contributed by atoms with Gasteiger partial charge in [-0.15, -0.1) is 0 Å². The van der Waals surface area contributed by atoms with Crippen LogP contribution in [0.3, 0.4) is 0 Å². The lowest BCUT2D eigenvalue weighted by Crippen LogP contribution is -2.49. The zero-order chi connectivity index (χ0) is 28.0. The number of carbonyl (C=O) groups is 1. The van der Waals surface area contributed by atoms with Gasteiger partial charge in [-0.3, -0.25) is 4.79 Å². The maximum atomic E-state index is 12.6. The van der Waals surface area contributed by atoms with Crippen LogP contribution in [0.1, 0.15) is 21.5 Å². The van der Waals surface area contributed by atoms with E-state index in [2.05, 4.69) is 9.97 Å². The highest BCUT2D eigenvalue weighted by Gasteiger charge is 2.25. The number of methoxy groups -OCH3 is 2. The van der Waals surface area contributed by atoms with Gasteiger partial charge in [0.25, 0.3) is 5.91 Å². The van der Waals surface area contributed by atoms with E-state index in [0.29, 0.717) is 0 Å². The quantitative estimate of drug-likeness (QED) is 0.699. The molecule has 0 bridgehead atoms. The summed E-state index contributed by atoms with van der Waals surface area (Å²) >= 11 is 0. The van der Waals surface area contributed by atoms with Crippen LogP contribution in [0.5, 0.6) is 11.5 Å². The number of fused-ring (bicyclic) bond motifs is 1. The Kier molecular flexibility index (Phi) is 2.50. The predicted octanol–water partition coefficient (Wildman–Crippen LogP) is 1.78. The average molecular weight is 393 g/mol. The van der Waals surface area contributed by atoms with Gasteiger partial charge in [0.15, 0.2) is 20.1 Å². The maximum absolute atomic E-state index is 12.6. The molecule has 3 heterocycles. The number of aromatic nitrogens is 2. The first-order chi connectivity index (χ1) is 17.7. The number of amides is 1. The lowest BCUT2D eigenvalue weighted by atomic mass is 10.2. The first-order valence-electron chi connectivity index (χ1n) is 13.1. The number of hydrogen-bond donors (Lipinski definition) is 1. The number of furan rings is 1. The minimum absolute atomic E-state index is 0.0562. The van der Waals surface area contributed by atoms with E-state index in [1.807, 2.05) is 0 Å². The van der Waals surface area contributed by atoms with Crippen LogP contribution in [-0.4, -0.2) is 61.0 Å². The first kappa shape index (κ1) is 9.63. The molecule has 1 aliphatic heterocycles. The molecule has 2 N–H and O–H groups in total. The summed E-state index contributed by atoms with van der Waals surface area (Å²) in [7, 11) is -6.27. The van der Waals surface area contributed by atoms with Gasteiger partial charge in [-0.1, -0.05) is 0 Å². The zero-order valence-electron chi connectivity index (χ0n) is 24.4. The third-order valence-corrected chi connectivity index (χ3v) is 4.34. The normalized spacial score (nSPS) is 20.3.